The molecule has 1 atom stereocenters. The molecule has 1 fully saturated rings. The van der Waals surface area contributed by atoms with Crippen molar-refractivity contribution in [1.29, 1.82) is 0 Å². The number of hydrogen-bond donors (Lipinski definition) is 0. The van der Waals surface area contributed by atoms with Crippen molar-refractivity contribution in [1.82, 2.24) is 29.3 Å². The zero-order chi connectivity index (χ0) is 16.9. The van der Waals surface area contributed by atoms with Gasteiger partial charge in [-0.25, -0.2) is 9.97 Å². The molecule has 0 saturated carbocycles. The van der Waals surface area contributed by atoms with Gasteiger partial charge >= 0.3 is 0 Å². The van der Waals surface area contributed by atoms with Gasteiger partial charge in [0.05, 0.1) is 6.20 Å². The van der Waals surface area contributed by atoms with E-state index in [1.807, 2.05) is 17.3 Å². The van der Waals surface area contributed by atoms with E-state index >= 15 is 0 Å². The average Bonchev–Trinajstić information content (AvgIpc) is 3.09. The van der Waals surface area contributed by atoms with Crippen molar-refractivity contribution in [2.45, 2.75) is 25.3 Å². The molecule has 3 rings (SSSR count). The van der Waals surface area contributed by atoms with Gasteiger partial charge in [-0.3, -0.25) is 9.78 Å². The SMILES string of the molecule is CN(C)CCn1ccnc1[C@@H]1CCCN(C(=O)c2cnccn2)C1. The summed E-state index contributed by atoms with van der Waals surface area (Å²) in [4.78, 5) is 29.3. The Labute approximate surface area is 142 Å². The summed E-state index contributed by atoms with van der Waals surface area (Å²) in [5.41, 5.74) is 0.411. The fourth-order valence-corrected chi connectivity index (χ4v) is 3.12. The first kappa shape index (κ1) is 16.6. The third-order valence-corrected chi connectivity index (χ3v) is 4.39. The monoisotopic (exact) mass is 328 g/mol. The highest BCUT2D eigenvalue weighted by Gasteiger charge is 2.28. The quantitative estimate of drug-likeness (QED) is 0.826. The molecular formula is C17H24N6O. The minimum atomic E-state index is -0.0424. The van der Waals surface area contributed by atoms with E-state index in [0.29, 0.717) is 12.2 Å². The predicted octanol–water partition coefficient (Wildman–Crippen LogP) is 1.25. The molecule has 1 amide bonds. The van der Waals surface area contributed by atoms with Gasteiger partial charge in [-0.2, -0.15) is 0 Å². The third kappa shape index (κ3) is 3.79. The van der Waals surface area contributed by atoms with Gasteiger partial charge in [0, 0.05) is 56.9 Å². The van der Waals surface area contributed by atoms with Crippen LogP contribution in [0.2, 0.25) is 0 Å². The molecule has 7 heteroatoms. The summed E-state index contributed by atoms with van der Waals surface area (Å²) in [6.45, 7) is 3.34. The first-order valence-electron chi connectivity index (χ1n) is 8.36. The van der Waals surface area contributed by atoms with Crippen molar-refractivity contribution in [2.24, 2.45) is 0 Å². The van der Waals surface area contributed by atoms with Crippen LogP contribution in [0.25, 0.3) is 0 Å². The smallest absolute Gasteiger partial charge is 0.274 e. The van der Waals surface area contributed by atoms with E-state index < -0.39 is 0 Å². The number of rotatable bonds is 5. The first-order valence-corrected chi connectivity index (χ1v) is 8.36. The molecule has 0 N–H and O–H groups in total. The van der Waals surface area contributed by atoms with Crippen molar-refractivity contribution < 1.29 is 4.79 Å². The molecule has 1 aliphatic heterocycles. The Morgan fingerprint density at radius 3 is 2.92 bits per heavy atom. The number of nitrogens with zero attached hydrogens (tertiary/aromatic N) is 6. The van der Waals surface area contributed by atoms with E-state index in [-0.39, 0.29) is 11.8 Å². The van der Waals surface area contributed by atoms with E-state index in [0.717, 1.165) is 38.3 Å². The van der Waals surface area contributed by atoms with Crippen molar-refractivity contribution >= 4 is 5.91 Å². The van der Waals surface area contributed by atoms with Gasteiger partial charge in [-0.05, 0) is 26.9 Å². The van der Waals surface area contributed by atoms with Crippen LogP contribution in [-0.2, 0) is 6.54 Å². The highest BCUT2D eigenvalue weighted by molar-refractivity contribution is 5.92. The molecule has 3 heterocycles. The maximum absolute atomic E-state index is 12.6. The fourth-order valence-electron chi connectivity index (χ4n) is 3.12. The maximum atomic E-state index is 12.6. The van der Waals surface area contributed by atoms with Crippen molar-refractivity contribution in [3.05, 3.63) is 42.5 Å². The number of carbonyl (C=O) groups excluding carboxylic acids is 1. The Balaban J connectivity index is 1.70. The Kier molecular flexibility index (Phi) is 5.20. The van der Waals surface area contributed by atoms with Gasteiger partial charge in [0.25, 0.3) is 5.91 Å². The number of aromatic nitrogens is 4. The molecular weight excluding hydrogens is 304 g/mol. The number of imidazole rings is 1. The van der Waals surface area contributed by atoms with E-state index in [9.17, 15) is 4.79 Å². The van der Waals surface area contributed by atoms with Crippen LogP contribution in [0.1, 0.15) is 35.1 Å². The molecule has 0 aliphatic carbocycles. The minimum Gasteiger partial charge on any atom is -0.337 e. The van der Waals surface area contributed by atoms with E-state index in [1.54, 1.807) is 12.4 Å². The number of likely N-dealkylation sites (N-methyl/N-ethyl adjacent to an activating group) is 1. The van der Waals surface area contributed by atoms with Gasteiger partial charge < -0.3 is 14.4 Å². The molecule has 0 radical (unpaired) electrons. The van der Waals surface area contributed by atoms with Gasteiger partial charge in [0.2, 0.25) is 0 Å². The van der Waals surface area contributed by atoms with E-state index in [1.165, 1.54) is 6.20 Å². The summed E-state index contributed by atoms with van der Waals surface area (Å²) in [7, 11) is 4.14. The van der Waals surface area contributed by atoms with Crippen LogP contribution in [0.3, 0.4) is 0 Å². The number of piperidine rings is 1. The Morgan fingerprint density at radius 1 is 1.29 bits per heavy atom. The largest absolute Gasteiger partial charge is 0.337 e. The summed E-state index contributed by atoms with van der Waals surface area (Å²) in [6, 6.07) is 0. The normalized spacial score (nSPS) is 18.1. The Morgan fingerprint density at radius 2 is 2.17 bits per heavy atom. The molecule has 128 valence electrons. The highest BCUT2D eigenvalue weighted by atomic mass is 16.2. The average molecular weight is 328 g/mol. The van der Waals surface area contributed by atoms with Gasteiger partial charge in [-0.1, -0.05) is 0 Å². The van der Waals surface area contributed by atoms with Gasteiger partial charge in [0.1, 0.15) is 11.5 Å². The van der Waals surface area contributed by atoms with Crippen molar-refractivity contribution in [3.8, 4) is 0 Å². The summed E-state index contributed by atoms with van der Waals surface area (Å²) < 4.78 is 2.21. The molecule has 24 heavy (non-hydrogen) atoms. The summed E-state index contributed by atoms with van der Waals surface area (Å²) in [6.07, 6.45) is 10.6. The zero-order valence-corrected chi connectivity index (χ0v) is 14.3. The van der Waals surface area contributed by atoms with Crippen LogP contribution in [0, 0.1) is 0 Å². The number of amides is 1. The Bertz CT molecular complexity index is 669. The highest BCUT2D eigenvalue weighted by Crippen LogP contribution is 2.26. The van der Waals surface area contributed by atoms with Crippen LogP contribution >= 0.6 is 0 Å². The lowest BCUT2D eigenvalue weighted by atomic mass is 9.97. The molecule has 7 nitrogen and oxygen atoms in total. The summed E-state index contributed by atoms with van der Waals surface area (Å²) in [5, 5.41) is 0. The molecule has 2 aromatic heterocycles. The second kappa shape index (κ2) is 7.53. The second-order valence-corrected chi connectivity index (χ2v) is 6.46. The molecule has 2 aromatic rings. The van der Waals surface area contributed by atoms with Gasteiger partial charge in [-0.15, -0.1) is 0 Å². The van der Waals surface area contributed by atoms with Gasteiger partial charge in [0.15, 0.2) is 0 Å². The van der Waals surface area contributed by atoms with E-state index in [2.05, 4.69) is 38.5 Å². The second-order valence-electron chi connectivity index (χ2n) is 6.46. The van der Waals surface area contributed by atoms with E-state index in [4.69, 9.17) is 0 Å². The molecule has 0 aromatic carbocycles. The summed E-state index contributed by atoms with van der Waals surface area (Å²) in [5.74, 6) is 1.31. The molecule has 1 saturated heterocycles. The predicted molar refractivity (Wildman–Crippen MR) is 90.7 cm³/mol. The number of carbonyl (C=O) groups is 1. The maximum Gasteiger partial charge on any atom is 0.274 e. The van der Waals surface area contributed by atoms with Crippen LogP contribution < -0.4 is 0 Å². The first-order chi connectivity index (χ1) is 11.6. The zero-order valence-electron chi connectivity index (χ0n) is 14.3. The minimum absolute atomic E-state index is 0.0424. The molecule has 1 aliphatic rings. The topological polar surface area (TPSA) is 67.2 Å². The van der Waals surface area contributed by atoms with Crippen LogP contribution in [0.5, 0.6) is 0 Å². The van der Waals surface area contributed by atoms with Crippen LogP contribution in [-0.4, -0.2) is 69.0 Å². The third-order valence-electron chi connectivity index (χ3n) is 4.39. The summed E-state index contributed by atoms with van der Waals surface area (Å²) >= 11 is 0. The molecule has 0 unspecified atom stereocenters. The molecule has 0 bridgehead atoms. The molecule has 0 spiro atoms. The number of likely N-dealkylation sites (tertiary alicyclic amines) is 1. The van der Waals surface area contributed by atoms with Crippen LogP contribution in [0.15, 0.2) is 31.0 Å². The lowest BCUT2D eigenvalue weighted by Crippen LogP contribution is -2.40. The Hall–Kier alpha value is -2.28. The van der Waals surface area contributed by atoms with Crippen molar-refractivity contribution in [3.63, 3.8) is 0 Å². The standard InChI is InChI=1S/C17H24N6O/c1-21(2)10-11-22-9-7-20-16(22)14-4-3-8-23(13-14)17(24)15-12-18-5-6-19-15/h5-7,9,12,14H,3-4,8,10-11,13H2,1-2H3/t14-/m1/s1. The van der Waals surface area contributed by atoms with Crippen LogP contribution in [0.4, 0.5) is 0 Å². The fraction of sp³-hybridized carbons (Fsp3) is 0.529. The lowest BCUT2D eigenvalue weighted by Gasteiger charge is -2.32. The lowest BCUT2D eigenvalue weighted by molar-refractivity contribution is 0.0696. The number of hydrogen-bond acceptors (Lipinski definition) is 5. The van der Waals surface area contributed by atoms with Crippen molar-refractivity contribution in [2.75, 3.05) is 33.7 Å².